The molecule has 0 radical (unpaired) electrons. The monoisotopic (exact) mass is 86.0 g/mol. The van der Waals surface area contributed by atoms with Crippen molar-refractivity contribution in [3.8, 4) is 0 Å². The second-order valence-electron chi connectivity index (χ2n) is 0.224. The van der Waals surface area contributed by atoms with Crippen molar-refractivity contribution in [3.05, 3.63) is 6.92 Å². The zero-order chi connectivity index (χ0) is 2.71. The van der Waals surface area contributed by atoms with E-state index in [2.05, 4.69) is 6.92 Å². The van der Waals surface area contributed by atoms with Crippen molar-refractivity contribution >= 4 is 13.5 Å². The molecule has 0 rings (SSSR count). The summed E-state index contributed by atoms with van der Waals surface area (Å²) >= 11 is 0. The smallest absolute Gasteiger partial charge is 0.428 e. The second kappa shape index (κ2) is 20.6. The summed E-state index contributed by atoms with van der Waals surface area (Å²) in [5.41, 5.74) is 0. The van der Waals surface area contributed by atoms with Crippen molar-refractivity contribution in [2.45, 2.75) is 0 Å². The quantitative estimate of drug-likeness (QED) is 0.245. The van der Waals surface area contributed by atoms with Crippen molar-refractivity contribution in [2.24, 2.45) is 0 Å². The molecule has 0 aliphatic carbocycles. The molecule has 3 heteroatoms. The first-order valence-corrected chi connectivity index (χ1v) is 0.816. The molecule has 0 saturated heterocycles. The number of rotatable bonds is 0. The third kappa shape index (κ3) is 50.4. The Kier molecular flexibility index (Phi) is 69.3. The van der Waals surface area contributed by atoms with Crippen molar-refractivity contribution in [2.75, 3.05) is 6.61 Å². The molecule has 1 nitrogen and oxygen atoms in total. The van der Waals surface area contributed by atoms with Gasteiger partial charge in [0.15, 0.2) is 0 Å². The van der Waals surface area contributed by atoms with Gasteiger partial charge in [0.05, 0.1) is 0 Å². The second-order valence-corrected chi connectivity index (χ2v) is 0.224. The van der Waals surface area contributed by atoms with Gasteiger partial charge in [0.2, 0.25) is 0 Å². The summed E-state index contributed by atoms with van der Waals surface area (Å²) in [6.07, 6.45) is 0. The maximum Gasteiger partial charge on any atom is 1.00 e. The Morgan fingerprint density at radius 3 is 1.60 bits per heavy atom. The van der Waals surface area contributed by atoms with Gasteiger partial charge in [0.1, 0.15) is 0 Å². The fraction of sp³-hybridized carbons (Fsp3) is 0.500. The first kappa shape index (κ1) is 16.8. The Labute approximate surface area is 51.4 Å². The van der Waals surface area contributed by atoms with Gasteiger partial charge in [0.25, 0.3) is 0 Å². The van der Waals surface area contributed by atoms with Gasteiger partial charge in [-0.15, -0.1) is 0 Å². The van der Waals surface area contributed by atoms with Gasteiger partial charge in [-0.2, -0.15) is 13.5 Å². The van der Waals surface area contributed by atoms with Crippen LogP contribution in [0.4, 0.5) is 0 Å². The molecule has 0 fully saturated rings. The molecule has 0 atom stereocenters. The van der Waals surface area contributed by atoms with E-state index in [-0.39, 0.29) is 39.0 Å². The van der Waals surface area contributed by atoms with Crippen LogP contribution in [0, 0.1) is 6.92 Å². The Hall–Kier alpha value is 0.907. The van der Waals surface area contributed by atoms with Gasteiger partial charge < -0.3 is 12.0 Å². The van der Waals surface area contributed by atoms with Crippen molar-refractivity contribution < 1.29 is 24.0 Å². The van der Waals surface area contributed by atoms with Gasteiger partial charge in [-0.1, -0.05) is 6.61 Å². The molecule has 0 aliphatic rings. The van der Waals surface area contributed by atoms with E-state index < -0.39 is 0 Å². The topological polar surface area (TPSA) is 20.2 Å². The van der Waals surface area contributed by atoms with Crippen LogP contribution in [0.2, 0.25) is 0 Å². The molecule has 0 heterocycles. The van der Waals surface area contributed by atoms with Crippen LogP contribution in [0.5, 0.6) is 0 Å². The Morgan fingerprint density at radius 1 is 1.60 bits per heavy atom. The summed E-state index contributed by atoms with van der Waals surface area (Å²) in [6.45, 7) is 3.04. The van der Waals surface area contributed by atoms with Crippen molar-refractivity contribution in [1.82, 2.24) is 0 Å². The van der Waals surface area contributed by atoms with Crippen LogP contribution in [0.25, 0.3) is 0 Å². The van der Waals surface area contributed by atoms with Gasteiger partial charge in [0, 0.05) is 0 Å². The molecule has 0 aromatic carbocycles. The average Bonchev–Trinajstić information content (AvgIpc) is 0.918. The third-order valence-corrected chi connectivity index (χ3v) is 0. The number of aliphatic hydroxyl groups is 1. The number of aliphatic hydroxyl groups excluding tert-OH is 1. The molecule has 0 aliphatic heterocycles. The van der Waals surface area contributed by atoms with Gasteiger partial charge in [-0.25, -0.2) is 0 Å². The van der Waals surface area contributed by atoms with Crippen molar-refractivity contribution in [3.63, 3.8) is 0 Å². The van der Waals surface area contributed by atoms with E-state index >= 15 is 0 Å². The first-order valence-electron chi connectivity index (χ1n) is 0.816. The van der Waals surface area contributed by atoms with Crippen LogP contribution < -0.4 is 18.9 Å². The fourth-order valence-corrected chi connectivity index (χ4v) is 0. The van der Waals surface area contributed by atoms with E-state index in [1.165, 1.54) is 0 Å². The third-order valence-electron chi connectivity index (χ3n) is 0. The van der Waals surface area contributed by atoms with Crippen LogP contribution in [0.15, 0.2) is 0 Å². The summed E-state index contributed by atoms with van der Waals surface area (Å²) in [6, 6.07) is 0. The molecule has 0 aromatic heterocycles. The molecular weight excluding hydrogens is 79.0 g/mol. The Bertz CT molecular complexity index is 9.61. The Balaban J connectivity index is -0.0000000200. The fourth-order valence-electron chi connectivity index (χ4n) is 0. The molecular formula is C2H7LiOS. The van der Waals surface area contributed by atoms with E-state index in [1.807, 2.05) is 0 Å². The predicted molar refractivity (Wildman–Crippen MR) is 22.8 cm³/mol. The minimum atomic E-state index is 0. The molecule has 1 N–H and O–H groups in total. The summed E-state index contributed by atoms with van der Waals surface area (Å²) in [5.74, 6) is 0. The summed E-state index contributed by atoms with van der Waals surface area (Å²) < 4.78 is 0. The predicted octanol–water partition coefficient (Wildman–Crippen LogP) is -3.07. The molecule has 0 unspecified atom stereocenters. The average molecular weight is 86.1 g/mol. The standard InChI is InChI=1S/C2H5O.Li.H2S/c1-2-3;;/h3H,1-2H2;;1H2/q-1;+1;. The summed E-state index contributed by atoms with van der Waals surface area (Å²) in [4.78, 5) is 0. The van der Waals surface area contributed by atoms with E-state index in [0.29, 0.717) is 0 Å². The van der Waals surface area contributed by atoms with E-state index in [9.17, 15) is 0 Å². The normalized spacial score (nSPS) is 3.60. The van der Waals surface area contributed by atoms with Crippen LogP contribution in [0.1, 0.15) is 0 Å². The molecule has 5 heavy (non-hydrogen) atoms. The van der Waals surface area contributed by atoms with E-state index in [0.717, 1.165) is 0 Å². The number of hydrogen-bond acceptors (Lipinski definition) is 1. The SMILES string of the molecule is S.[CH2-]CO.[Li+]. The minimum absolute atomic E-state index is 0. The van der Waals surface area contributed by atoms with E-state index in [1.54, 1.807) is 0 Å². The van der Waals surface area contributed by atoms with Gasteiger partial charge in [-0.3, -0.25) is 0 Å². The van der Waals surface area contributed by atoms with Crippen molar-refractivity contribution in [1.29, 1.82) is 0 Å². The van der Waals surface area contributed by atoms with Gasteiger partial charge in [-0.05, 0) is 0 Å². The van der Waals surface area contributed by atoms with Crippen LogP contribution in [-0.4, -0.2) is 11.7 Å². The van der Waals surface area contributed by atoms with Gasteiger partial charge >= 0.3 is 18.9 Å². The molecule has 0 bridgehead atoms. The molecule has 28 valence electrons. The van der Waals surface area contributed by atoms with Crippen LogP contribution in [0.3, 0.4) is 0 Å². The molecule has 0 saturated carbocycles. The molecule has 0 aromatic rings. The largest absolute Gasteiger partial charge is 1.00 e. The first-order chi connectivity index (χ1) is 1.41. The molecule has 0 spiro atoms. The Morgan fingerprint density at radius 2 is 1.60 bits per heavy atom. The minimum Gasteiger partial charge on any atom is -0.428 e. The summed E-state index contributed by atoms with van der Waals surface area (Å²) in [7, 11) is 0. The summed E-state index contributed by atoms with van der Waals surface area (Å²) in [5, 5.41) is 7.46. The molecule has 0 amide bonds. The maximum atomic E-state index is 7.46. The van der Waals surface area contributed by atoms with E-state index in [4.69, 9.17) is 5.11 Å². The zero-order valence-electron chi connectivity index (χ0n) is 3.36. The zero-order valence-corrected chi connectivity index (χ0v) is 4.36. The maximum absolute atomic E-state index is 7.46. The number of hydrogen-bond donors (Lipinski definition) is 1. The van der Waals surface area contributed by atoms with Crippen LogP contribution >= 0.6 is 13.5 Å². The van der Waals surface area contributed by atoms with Crippen LogP contribution in [-0.2, 0) is 0 Å².